The zero-order valence-electron chi connectivity index (χ0n) is 20.5. The Morgan fingerprint density at radius 3 is 2.41 bits per heavy atom. The Balaban J connectivity index is 3.15. The fourth-order valence-corrected chi connectivity index (χ4v) is 3.30. The molecule has 10 nitrogen and oxygen atoms in total. The number of ether oxygens (including phenoxy) is 2. The van der Waals surface area contributed by atoms with E-state index < -0.39 is 41.6 Å². The minimum atomic E-state index is -1.24. The molecular formula is C23H35N3O7S. The molecule has 1 aromatic carbocycles. The second kappa shape index (κ2) is 13.1. The van der Waals surface area contributed by atoms with Crippen LogP contribution in [0.5, 0.6) is 5.75 Å². The SMILES string of the molecule is CCOC(=O)CCNC(=O)C(c1cccc(C)c1O)N(C)C(=O)C(CS)NC(=O)OC(C)(C)C. The number of phenols is 1. The van der Waals surface area contributed by atoms with E-state index in [0.29, 0.717) is 5.56 Å². The number of para-hydroxylation sites is 1. The number of aromatic hydroxyl groups is 1. The highest BCUT2D eigenvalue weighted by atomic mass is 32.1. The molecule has 2 atom stereocenters. The summed E-state index contributed by atoms with van der Waals surface area (Å²) in [5.41, 5.74) is -0.0607. The number of carbonyl (C=O) groups excluding carboxylic acids is 4. The number of amides is 3. The number of carbonyl (C=O) groups is 4. The summed E-state index contributed by atoms with van der Waals surface area (Å²) >= 11 is 4.16. The van der Waals surface area contributed by atoms with Crippen molar-refractivity contribution in [3.63, 3.8) is 0 Å². The third kappa shape index (κ3) is 8.77. The molecule has 1 rings (SSSR count). The van der Waals surface area contributed by atoms with Gasteiger partial charge in [0.25, 0.3) is 0 Å². The van der Waals surface area contributed by atoms with Crippen LogP contribution in [0.4, 0.5) is 4.79 Å². The summed E-state index contributed by atoms with van der Waals surface area (Å²) in [6.45, 7) is 8.61. The van der Waals surface area contributed by atoms with Crippen molar-refractivity contribution < 1.29 is 33.8 Å². The lowest BCUT2D eigenvalue weighted by atomic mass is 10.00. The van der Waals surface area contributed by atoms with Crippen LogP contribution >= 0.6 is 12.6 Å². The van der Waals surface area contributed by atoms with Crippen LogP contribution in [-0.4, -0.2) is 71.5 Å². The molecule has 1 aromatic rings. The Bertz CT molecular complexity index is 886. The van der Waals surface area contributed by atoms with Crippen molar-refractivity contribution in [3.8, 4) is 5.75 Å². The van der Waals surface area contributed by atoms with Crippen LogP contribution in [0.3, 0.4) is 0 Å². The fraction of sp³-hybridized carbons (Fsp3) is 0.565. The maximum Gasteiger partial charge on any atom is 0.408 e. The molecular weight excluding hydrogens is 462 g/mol. The summed E-state index contributed by atoms with van der Waals surface area (Å²) in [5, 5.41) is 15.7. The number of nitrogens with zero attached hydrogens (tertiary/aromatic N) is 1. The molecule has 3 amide bonds. The van der Waals surface area contributed by atoms with Gasteiger partial charge in [0.2, 0.25) is 11.8 Å². The van der Waals surface area contributed by atoms with Crippen LogP contribution in [0.1, 0.15) is 51.3 Å². The first-order valence-corrected chi connectivity index (χ1v) is 11.5. The summed E-state index contributed by atoms with van der Waals surface area (Å²) < 4.78 is 10.1. The average Bonchev–Trinajstić information content (AvgIpc) is 2.73. The summed E-state index contributed by atoms with van der Waals surface area (Å²) in [6.07, 6.45) is -0.856. The number of rotatable bonds is 10. The lowest BCUT2D eigenvalue weighted by molar-refractivity contribution is -0.143. The smallest absolute Gasteiger partial charge is 0.408 e. The number of hydrogen-bond donors (Lipinski definition) is 4. The van der Waals surface area contributed by atoms with Crippen molar-refractivity contribution in [1.82, 2.24) is 15.5 Å². The number of esters is 1. The van der Waals surface area contributed by atoms with E-state index in [-0.39, 0.29) is 36.6 Å². The Hall–Kier alpha value is -2.95. The molecule has 0 aliphatic heterocycles. The van der Waals surface area contributed by atoms with Gasteiger partial charge in [0, 0.05) is 24.9 Å². The van der Waals surface area contributed by atoms with Gasteiger partial charge in [0.1, 0.15) is 23.4 Å². The minimum Gasteiger partial charge on any atom is -0.507 e. The van der Waals surface area contributed by atoms with E-state index in [9.17, 15) is 24.3 Å². The number of nitrogens with one attached hydrogen (secondary N) is 2. The zero-order valence-corrected chi connectivity index (χ0v) is 21.4. The lowest BCUT2D eigenvalue weighted by Crippen LogP contribution is -2.52. The van der Waals surface area contributed by atoms with Gasteiger partial charge in [0.05, 0.1) is 13.0 Å². The van der Waals surface area contributed by atoms with E-state index in [2.05, 4.69) is 23.3 Å². The van der Waals surface area contributed by atoms with Gasteiger partial charge in [-0.2, -0.15) is 12.6 Å². The Morgan fingerprint density at radius 2 is 1.85 bits per heavy atom. The lowest BCUT2D eigenvalue weighted by Gasteiger charge is -2.31. The van der Waals surface area contributed by atoms with Crippen LogP contribution < -0.4 is 10.6 Å². The zero-order chi connectivity index (χ0) is 26.1. The van der Waals surface area contributed by atoms with Crippen molar-refractivity contribution in [3.05, 3.63) is 29.3 Å². The predicted molar refractivity (Wildman–Crippen MR) is 130 cm³/mol. The Kier molecular flexibility index (Phi) is 11.2. The molecule has 0 heterocycles. The summed E-state index contributed by atoms with van der Waals surface area (Å²) in [5.74, 6) is -1.91. The Labute approximate surface area is 205 Å². The first kappa shape index (κ1) is 29.1. The summed E-state index contributed by atoms with van der Waals surface area (Å²) in [4.78, 5) is 51.2. The summed E-state index contributed by atoms with van der Waals surface area (Å²) in [6, 6.07) is 2.51. The van der Waals surface area contributed by atoms with Gasteiger partial charge in [-0.15, -0.1) is 0 Å². The maximum atomic E-state index is 13.2. The van der Waals surface area contributed by atoms with Gasteiger partial charge in [-0.05, 0) is 40.2 Å². The van der Waals surface area contributed by atoms with E-state index in [4.69, 9.17) is 9.47 Å². The van der Waals surface area contributed by atoms with Gasteiger partial charge >= 0.3 is 12.1 Å². The van der Waals surface area contributed by atoms with Crippen LogP contribution in [-0.2, 0) is 23.9 Å². The van der Waals surface area contributed by atoms with Crippen molar-refractivity contribution >= 4 is 36.5 Å². The van der Waals surface area contributed by atoms with Crippen molar-refractivity contribution in [1.29, 1.82) is 0 Å². The van der Waals surface area contributed by atoms with Gasteiger partial charge in [-0.3, -0.25) is 14.4 Å². The molecule has 0 saturated carbocycles. The Morgan fingerprint density at radius 1 is 1.21 bits per heavy atom. The monoisotopic (exact) mass is 497 g/mol. The number of likely N-dealkylation sites (N-methyl/N-ethyl adjacent to an activating group) is 1. The third-order valence-corrected chi connectivity index (χ3v) is 5.02. The van der Waals surface area contributed by atoms with Gasteiger partial charge in [-0.25, -0.2) is 4.79 Å². The molecule has 0 aliphatic rings. The predicted octanol–water partition coefficient (Wildman–Crippen LogP) is 2.09. The van der Waals surface area contributed by atoms with Crippen LogP contribution in [0, 0.1) is 6.92 Å². The molecule has 0 aromatic heterocycles. The second-order valence-corrected chi connectivity index (χ2v) is 8.96. The molecule has 0 spiro atoms. The average molecular weight is 498 g/mol. The summed E-state index contributed by atoms with van der Waals surface area (Å²) in [7, 11) is 1.38. The normalized spacial score (nSPS) is 12.8. The van der Waals surface area contributed by atoms with Gasteiger partial charge < -0.3 is 30.1 Å². The molecule has 190 valence electrons. The fourth-order valence-electron chi connectivity index (χ4n) is 3.05. The molecule has 11 heteroatoms. The quantitative estimate of drug-likeness (QED) is 0.287. The molecule has 0 bridgehead atoms. The minimum absolute atomic E-state index is 0.0189. The maximum absolute atomic E-state index is 13.2. The molecule has 34 heavy (non-hydrogen) atoms. The number of benzene rings is 1. The molecule has 0 saturated heterocycles. The van der Waals surface area contributed by atoms with Crippen molar-refractivity contribution in [2.45, 2.75) is 58.7 Å². The molecule has 0 radical (unpaired) electrons. The number of hydrogen-bond acceptors (Lipinski definition) is 8. The van der Waals surface area contributed by atoms with E-state index in [1.54, 1.807) is 46.8 Å². The molecule has 0 aliphatic carbocycles. The van der Waals surface area contributed by atoms with Crippen LogP contribution in [0.15, 0.2) is 18.2 Å². The van der Waals surface area contributed by atoms with E-state index in [1.807, 2.05) is 0 Å². The number of alkyl carbamates (subject to hydrolysis) is 1. The topological polar surface area (TPSA) is 134 Å². The van der Waals surface area contributed by atoms with Crippen molar-refractivity contribution in [2.75, 3.05) is 26.0 Å². The molecule has 0 fully saturated rings. The number of phenolic OH excluding ortho intramolecular Hbond substituents is 1. The van der Waals surface area contributed by atoms with E-state index >= 15 is 0 Å². The number of aryl methyl sites for hydroxylation is 1. The highest BCUT2D eigenvalue weighted by Crippen LogP contribution is 2.31. The highest BCUT2D eigenvalue weighted by molar-refractivity contribution is 7.80. The van der Waals surface area contributed by atoms with Crippen molar-refractivity contribution in [2.24, 2.45) is 0 Å². The third-order valence-electron chi connectivity index (χ3n) is 4.65. The first-order chi connectivity index (χ1) is 15.8. The molecule has 2 unspecified atom stereocenters. The van der Waals surface area contributed by atoms with E-state index in [0.717, 1.165) is 4.90 Å². The van der Waals surface area contributed by atoms with Gasteiger partial charge in [-0.1, -0.05) is 18.2 Å². The van der Waals surface area contributed by atoms with E-state index in [1.165, 1.54) is 13.1 Å². The second-order valence-electron chi connectivity index (χ2n) is 8.59. The number of thiol groups is 1. The highest BCUT2D eigenvalue weighted by Gasteiger charge is 2.35. The van der Waals surface area contributed by atoms with Gasteiger partial charge in [0.15, 0.2) is 0 Å². The van der Waals surface area contributed by atoms with Crippen LogP contribution in [0.2, 0.25) is 0 Å². The van der Waals surface area contributed by atoms with Crippen LogP contribution in [0.25, 0.3) is 0 Å². The largest absolute Gasteiger partial charge is 0.507 e. The first-order valence-electron chi connectivity index (χ1n) is 10.9. The standard InChI is InChI=1S/C23H35N3O7S/c1-7-32-17(27)11-12-24-20(29)18(15-10-8-9-14(2)19(15)28)26(6)21(30)16(13-34)25-22(31)33-23(3,4)5/h8-10,16,18,28,34H,7,11-13H2,1-6H3,(H,24,29)(H,25,31). The molecule has 3 N–H and O–H groups in total.